The molecule has 5 amide bonds. The molecule has 77 heavy (non-hydrogen) atoms. The quantitative estimate of drug-likeness (QED) is 0.104. The molecule has 6 heterocycles. The zero-order valence-electron chi connectivity index (χ0n) is 45.9. The maximum absolute atomic E-state index is 13.8. The normalized spacial score (nSPS) is 20.0. The number of carbonyl (C=O) groups is 5. The van der Waals surface area contributed by atoms with Gasteiger partial charge in [-0.3, -0.25) is 33.2 Å². The number of imidazole rings is 1. The summed E-state index contributed by atoms with van der Waals surface area (Å²) < 4.78 is 8.62. The number of anilines is 2. The molecule has 2 atom stereocenters. The van der Waals surface area contributed by atoms with Crippen LogP contribution in [0.4, 0.5) is 16.2 Å². The summed E-state index contributed by atoms with van der Waals surface area (Å²) in [6, 6.07) is 23.4. The first kappa shape index (κ1) is 53.3. The van der Waals surface area contributed by atoms with Crippen LogP contribution in [-0.4, -0.2) is 136 Å². The minimum atomic E-state index is -0.705. The largest absolute Gasteiger partial charge is 0.444 e. The number of benzene rings is 4. The number of likely N-dealkylation sites (tertiary alicyclic amines) is 4. The number of hydrogen-bond donors (Lipinski definition) is 2. The van der Waals surface area contributed by atoms with Crippen LogP contribution in [0.3, 0.4) is 0 Å². The van der Waals surface area contributed by atoms with Gasteiger partial charge in [0, 0.05) is 101 Å². The van der Waals surface area contributed by atoms with E-state index in [-0.39, 0.29) is 59.8 Å². The van der Waals surface area contributed by atoms with Gasteiger partial charge in [-0.15, -0.1) is 0 Å². The van der Waals surface area contributed by atoms with Crippen LogP contribution in [0.25, 0.3) is 21.8 Å². The number of piperidine rings is 4. The second kappa shape index (κ2) is 22.1. The van der Waals surface area contributed by atoms with Crippen molar-refractivity contribution >= 4 is 62.9 Å². The molecule has 5 aliphatic heterocycles. The molecule has 2 N–H and O–H groups in total. The van der Waals surface area contributed by atoms with Gasteiger partial charge in [0.2, 0.25) is 11.8 Å². The summed E-state index contributed by atoms with van der Waals surface area (Å²) in [4.78, 5) is 88.5. The Morgan fingerprint density at radius 2 is 1.49 bits per heavy atom. The van der Waals surface area contributed by atoms with Crippen molar-refractivity contribution in [1.82, 2.24) is 34.1 Å². The molecule has 10 rings (SSSR count). The van der Waals surface area contributed by atoms with E-state index >= 15 is 0 Å². The number of fused-ring (bicyclic) bond motifs is 2. The van der Waals surface area contributed by atoms with Crippen molar-refractivity contribution in [2.45, 2.75) is 110 Å². The predicted molar refractivity (Wildman–Crippen MR) is 300 cm³/mol. The molecule has 0 bridgehead atoms. The third kappa shape index (κ3) is 11.5. The van der Waals surface area contributed by atoms with Gasteiger partial charge >= 0.3 is 11.8 Å². The van der Waals surface area contributed by atoms with Crippen LogP contribution in [0.1, 0.15) is 118 Å². The maximum atomic E-state index is 13.8. The van der Waals surface area contributed by atoms with Crippen LogP contribution in [0.2, 0.25) is 0 Å². The van der Waals surface area contributed by atoms with Gasteiger partial charge in [-0.2, -0.15) is 0 Å². The lowest BCUT2D eigenvalue weighted by Gasteiger charge is -2.40. The van der Waals surface area contributed by atoms with E-state index in [1.807, 2.05) is 83.1 Å². The summed E-state index contributed by atoms with van der Waals surface area (Å²) in [5.41, 5.74) is 5.97. The smallest absolute Gasteiger partial charge is 0.410 e. The van der Waals surface area contributed by atoms with Gasteiger partial charge in [-0.25, -0.2) is 9.59 Å². The monoisotopic (exact) mass is 1050 g/mol. The van der Waals surface area contributed by atoms with E-state index in [4.69, 9.17) is 4.74 Å². The number of rotatable bonds is 10. The molecule has 5 aliphatic rings. The number of ether oxygens (including phenoxy) is 1. The Morgan fingerprint density at radius 3 is 2.21 bits per heavy atom. The van der Waals surface area contributed by atoms with Gasteiger partial charge in [0.1, 0.15) is 11.6 Å². The summed E-state index contributed by atoms with van der Waals surface area (Å²) in [6.07, 6.45) is 5.90. The lowest BCUT2D eigenvalue weighted by Crippen LogP contribution is -2.57. The van der Waals surface area contributed by atoms with Gasteiger partial charge in [0.05, 0.1) is 23.1 Å². The molecular weight excluding hydrogens is 971 g/mol. The van der Waals surface area contributed by atoms with Crippen molar-refractivity contribution in [3.63, 3.8) is 0 Å². The molecule has 16 nitrogen and oxygen atoms in total. The molecule has 5 aromatic rings. The van der Waals surface area contributed by atoms with Crippen molar-refractivity contribution in [1.29, 1.82) is 0 Å². The maximum Gasteiger partial charge on any atom is 0.410 e. The first-order valence-electron chi connectivity index (χ1n) is 27.9. The van der Waals surface area contributed by atoms with E-state index < -0.39 is 11.6 Å². The highest BCUT2D eigenvalue weighted by atomic mass is 16.6. The van der Waals surface area contributed by atoms with Gasteiger partial charge in [-0.05, 0) is 157 Å². The van der Waals surface area contributed by atoms with Crippen molar-refractivity contribution in [3.8, 4) is 11.8 Å². The molecule has 406 valence electrons. The van der Waals surface area contributed by atoms with E-state index in [2.05, 4.69) is 61.4 Å². The van der Waals surface area contributed by atoms with Gasteiger partial charge < -0.3 is 35.0 Å². The van der Waals surface area contributed by atoms with Crippen LogP contribution >= 0.6 is 0 Å². The Balaban J connectivity index is 0.667. The first-order chi connectivity index (χ1) is 36.9. The number of imide groups is 1. The number of nitrogens with zero attached hydrogens (tertiary/aromatic N) is 7. The van der Waals surface area contributed by atoms with Crippen molar-refractivity contribution in [2.75, 3.05) is 76.2 Å². The van der Waals surface area contributed by atoms with Gasteiger partial charge in [0.15, 0.2) is 0 Å². The summed E-state index contributed by atoms with van der Waals surface area (Å²) >= 11 is 0. The minimum Gasteiger partial charge on any atom is -0.444 e. The lowest BCUT2D eigenvalue weighted by atomic mass is 9.90. The number of aryl methyl sites for hydroxylation is 2. The number of amides is 5. The SMILES string of the molecule is Cc1ccc(NC2CN(C(=O)OC(C)(C)C)C2)cc1C(=O)N[C@H](C)c1ccc(C#CC2CCN(CC3CCN(C(=O)C4CCN(c5ccc6c(c5)n(C)c(=O)n6C5CCC(=O)N(C)C5=O)CC4)CC3)CC2)c2ccccc12. The highest BCUT2D eigenvalue weighted by Gasteiger charge is 2.37. The van der Waals surface area contributed by atoms with E-state index in [0.29, 0.717) is 42.4 Å². The molecular formula is C61H75N9O7. The summed E-state index contributed by atoms with van der Waals surface area (Å²) in [5.74, 6) is 7.66. The summed E-state index contributed by atoms with van der Waals surface area (Å²) in [7, 11) is 3.20. The Labute approximate surface area is 452 Å². The molecule has 0 saturated carbocycles. The molecule has 5 fully saturated rings. The number of likely N-dealkylation sites (N-methyl/N-ethyl adjacent to an activating group) is 1. The zero-order chi connectivity index (χ0) is 54.3. The zero-order valence-corrected chi connectivity index (χ0v) is 45.9. The Bertz CT molecular complexity index is 3200. The highest BCUT2D eigenvalue weighted by molar-refractivity contribution is 6.00. The summed E-state index contributed by atoms with van der Waals surface area (Å²) in [6.45, 7) is 16.9. The Morgan fingerprint density at radius 1 is 0.779 bits per heavy atom. The predicted octanol–water partition coefficient (Wildman–Crippen LogP) is 7.86. The van der Waals surface area contributed by atoms with Crippen molar-refractivity contribution in [2.24, 2.45) is 24.8 Å². The second-order valence-corrected chi connectivity index (χ2v) is 23.3. The van der Waals surface area contributed by atoms with E-state index in [0.717, 1.165) is 134 Å². The molecule has 5 saturated heterocycles. The van der Waals surface area contributed by atoms with Crippen LogP contribution in [0, 0.1) is 36.5 Å². The molecule has 16 heteroatoms. The Hall–Kier alpha value is -7.12. The summed E-state index contributed by atoms with van der Waals surface area (Å²) in [5, 5.41) is 8.89. The van der Waals surface area contributed by atoms with Crippen LogP contribution in [-0.2, 0) is 26.2 Å². The van der Waals surface area contributed by atoms with Crippen LogP contribution < -0.4 is 21.2 Å². The van der Waals surface area contributed by atoms with Crippen molar-refractivity contribution < 1.29 is 28.7 Å². The van der Waals surface area contributed by atoms with Gasteiger partial charge in [0.25, 0.3) is 11.8 Å². The van der Waals surface area contributed by atoms with Gasteiger partial charge in [-0.1, -0.05) is 48.2 Å². The standard InChI is InChI=1S/C61H75N9O7/c1-39-12-16-45(63-46-37-69(38-46)60(76)77-61(3,4)5)34-51(39)56(72)62-40(2)48-18-15-43(49-10-8-9-11-50(48)49)14-13-41-22-28-66(29-23-41)36-42-24-30-68(31-25-42)57(73)44-26-32-67(33-27-44)47-17-19-52-54(35-47)64(6)59(75)70(52)53-20-21-55(71)65(7)58(53)74/h8-12,15-19,34-35,40-42,44,46,53,63H,20-33,36-38H2,1-7H3,(H,62,72)/t40-,53?/m1/s1. The lowest BCUT2D eigenvalue weighted by molar-refractivity contribution is -0.149. The molecule has 4 aromatic carbocycles. The fourth-order valence-corrected chi connectivity index (χ4v) is 12.2. The molecule has 0 aliphatic carbocycles. The van der Waals surface area contributed by atoms with E-state index in [1.54, 1.807) is 21.1 Å². The molecule has 1 aromatic heterocycles. The highest BCUT2D eigenvalue weighted by Crippen LogP contribution is 2.33. The average Bonchev–Trinajstić information content (AvgIpc) is 3.66. The van der Waals surface area contributed by atoms with Crippen molar-refractivity contribution in [3.05, 3.63) is 106 Å². The number of nitrogens with one attached hydrogen (secondary N) is 2. The van der Waals surface area contributed by atoms with E-state index in [1.165, 1.54) is 7.05 Å². The average molecular weight is 1050 g/mol. The first-order valence-corrected chi connectivity index (χ1v) is 27.9. The topological polar surface area (TPSA) is 162 Å². The number of aromatic nitrogens is 2. The second-order valence-electron chi connectivity index (χ2n) is 23.3. The molecule has 0 spiro atoms. The van der Waals surface area contributed by atoms with Crippen LogP contribution in [0.5, 0.6) is 0 Å². The number of carbonyl (C=O) groups excluding carboxylic acids is 5. The van der Waals surface area contributed by atoms with E-state index in [9.17, 15) is 28.8 Å². The third-order valence-electron chi connectivity index (χ3n) is 16.8. The minimum absolute atomic E-state index is 0.00454. The number of hydrogen-bond acceptors (Lipinski definition) is 10. The third-order valence-corrected chi connectivity index (χ3v) is 16.8. The molecule has 1 unspecified atom stereocenters. The fourth-order valence-electron chi connectivity index (χ4n) is 12.2. The van der Waals surface area contributed by atoms with Crippen LogP contribution in [0.15, 0.2) is 77.6 Å². The Kier molecular flexibility index (Phi) is 15.3. The molecule has 0 radical (unpaired) electrons. The fraction of sp³-hybridized carbons (Fsp3) is 0.508.